The molecule has 0 atom stereocenters. The first-order valence-corrected chi connectivity index (χ1v) is 10.6. The van der Waals surface area contributed by atoms with Crippen LogP contribution in [0.5, 0.6) is 0 Å². The van der Waals surface area contributed by atoms with E-state index in [1.54, 1.807) is 11.6 Å². The van der Waals surface area contributed by atoms with Crippen LogP contribution in [0.15, 0.2) is 70.4 Å². The van der Waals surface area contributed by atoms with E-state index in [9.17, 15) is 9.59 Å². The third-order valence-electron chi connectivity index (χ3n) is 6.02. The van der Waals surface area contributed by atoms with Gasteiger partial charge in [-0.05, 0) is 28.5 Å². The second-order valence-corrected chi connectivity index (χ2v) is 9.20. The highest BCUT2D eigenvalue weighted by Gasteiger charge is 2.20. The molecular formula is C26H29N3O2. The third kappa shape index (κ3) is 3.76. The Morgan fingerprint density at radius 2 is 1.48 bits per heavy atom. The molecule has 0 bridgehead atoms. The van der Waals surface area contributed by atoms with Crippen LogP contribution in [0, 0.1) is 0 Å². The van der Waals surface area contributed by atoms with E-state index in [2.05, 4.69) is 61.7 Å². The highest BCUT2D eigenvalue weighted by molar-refractivity contribution is 5.93. The number of hydrogen-bond acceptors (Lipinski definition) is 2. The highest BCUT2D eigenvalue weighted by atomic mass is 16.2. The van der Waals surface area contributed by atoms with Crippen molar-refractivity contribution in [2.24, 2.45) is 14.1 Å². The first-order chi connectivity index (χ1) is 14.7. The molecule has 2 aromatic carbocycles. The van der Waals surface area contributed by atoms with E-state index >= 15 is 0 Å². The molecule has 5 nitrogen and oxygen atoms in total. The summed E-state index contributed by atoms with van der Waals surface area (Å²) >= 11 is 0. The van der Waals surface area contributed by atoms with Crippen molar-refractivity contribution in [3.8, 4) is 11.3 Å². The molecule has 0 amide bonds. The maximum atomic E-state index is 13.1. The Kier molecular flexibility index (Phi) is 5.21. The summed E-state index contributed by atoms with van der Waals surface area (Å²) in [7, 11) is 3.26. The maximum absolute atomic E-state index is 13.1. The van der Waals surface area contributed by atoms with Crippen LogP contribution in [-0.4, -0.2) is 13.7 Å². The van der Waals surface area contributed by atoms with Crippen LogP contribution < -0.4 is 11.2 Å². The molecule has 0 aliphatic rings. The van der Waals surface area contributed by atoms with E-state index in [-0.39, 0.29) is 16.7 Å². The molecule has 0 N–H and O–H groups in total. The Morgan fingerprint density at radius 1 is 0.839 bits per heavy atom. The van der Waals surface area contributed by atoms with Gasteiger partial charge in [0, 0.05) is 26.8 Å². The summed E-state index contributed by atoms with van der Waals surface area (Å²) in [6, 6.07) is 18.7. The van der Waals surface area contributed by atoms with Crippen LogP contribution in [0.4, 0.5) is 0 Å². The molecule has 4 rings (SSSR count). The van der Waals surface area contributed by atoms with E-state index in [4.69, 9.17) is 0 Å². The molecule has 2 heterocycles. The van der Waals surface area contributed by atoms with Crippen LogP contribution in [0.1, 0.15) is 31.9 Å². The fraction of sp³-hybridized carbons (Fsp3) is 0.308. The minimum atomic E-state index is -0.313. The molecule has 0 aliphatic carbocycles. The van der Waals surface area contributed by atoms with Gasteiger partial charge < -0.3 is 4.57 Å². The van der Waals surface area contributed by atoms with Crippen LogP contribution in [0.3, 0.4) is 0 Å². The second kappa shape index (κ2) is 7.73. The zero-order valence-corrected chi connectivity index (χ0v) is 18.8. The lowest BCUT2D eigenvalue weighted by molar-refractivity contribution is 0.590. The molecule has 5 heteroatoms. The molecular weight excluding hydrogens is 386 g/mol. The van der Waals surface area contributed by atoms with Gasteiger partial charge in [-0.25, -0.2) is 4.79 Å². The predicted octanol–water partition coefficient (Wildman–Crippen LogP) is 4.25. The lowest BCUT2D eigenvalue weighted by atomic mass is 9.86. The molecule has 31 heavy (non-hydrogen) atoms. The van der Waals surface area contributed by atoms with Crippen molar-refractivity contribution in [2.45, 2.75) is 39.2 Å². The normalized spacial score (nSPS) is 11.9. The average Bonchev–Trinajstić information content (AvgIpc) is 3.14. The summed E-state index contributed by atoms with van der Waals surface area (Å²) < 4.78 is 4.87. The number of rotatable bonds is 4. The molecule has 0 spiro atoms. The van der Waals surface area contributed by atoms with Crippen molar-refractivity contribution in [3.63, 3.8) is 0 Å². The molecule has 160 valence electrons. The standard InChI is InChI=1S/C26H29N3O2/c1-26(2,3)20-13-11-19(12-14-20)23-22-21(27(4)25(31)28(5)24(22)30)17-29(23)16-15-18-9-7-6-8-10-18/h6-14,17H,15-16H2,1-5H3. The lowest BCUT2D eigenvalue weighted by Gasteiger charge is -2.19. The van der Waals surface area contributed by atoms with Crippen LogP contribution in [0.25, 0.3) is 22.2 Å². The van der Waals surface area contributed by atoms with Crippen molar-refractivity contribution in [1.82, 2.24) is 13.7 Å². The Balaban J connectivity index is 1.92. The Labute approximate surface area is 182 Å². The molecule has 0 saturated heterocycles. The number of aromatic nitrogens is 3. The fourth-order valence-corrected chi connectivity index (χ4v) is 4.10. The zero-order valence-electron chi connectivity index (χ0n) is 18.8. The van der Waals surface area contributed by atoms with Crippen molar-refractivity contribution in [2.75, 3.05) is 0 Å². The van der Waals surface area contributed by atoms with Gasteiger partial charge in [0.1, 0.15) is 0 Å². The highest BCUT2D eigenvalue weighted by Crippen LogP contribution is 2.31. The van der Waals surface area contributed by atoms with Crippen LogP contribution in [0.2, 0.25) is 0 Å². The number of aryl methyl sites for hydroxylation is 3. The Hall–Kier alpha value is -3.34. The van der Waals surface area contributed by atoms with Gasteiger partial charge >= 0.3 is 5.69 Å². The topological polar surface area (TPSA) is 48.9 Å². The molecule has 4 aromatic rings. The summed E-state index contributed by atoms with van der Waals surface area (Å²) in [5.74, 6) is 0. The van der Waals surface area contributed by atoms with Gasteiger partial charge in [0.05, 0.1) is 16.6 Å². The van der Waals surface area contributed by atoms with E-state index < -0.39 is 0 Å². The number of hydrogen-bond donors (Lipinski definition) is 0. The SMILES string of the molecule is Cn1c(=O)c2c(-c3ccc(C(C)(C)C)cc3)n(CCc3ccccc3)cc2n(C)c1=O. The molecule has 0 unspecified atom stereocenters. The first kappa shape index (κ1) is 20.9. The van der Waals surface area contributed by atoms with Gasteiger partial charge in [-0.1, -0.05) is 75.4 Å². The third-order valence-corrected chi connectivity index (χ3v) is 6.02. The average molecular weight is 416 g/mol. The summed E-state index contributed by atoms with van der Waals surface area (Å²) in [5, 5.41) is 0.584. The fourth-order valence-electron chi connectivity index (χ4n) is 4.10. The first-order valence-electron chi connectivity index (χ1n) is 10.6. The summed E-state index contributed by atoms with van der Waals surface area (Å²) in [6.45, 7) is 7.27. The molecule has 0 fully saturated rings. The van der Waals surface area contributed by atoms with Crippen molar-refractivity contribution in [1.29, 1.82) is 0 Å². The molecule has 2 aromatic heterocycles. The number of nitrogens with zero attached hydrogens (tertiary/aromatic N) is 3. The van der Waals surface area contributed by atoms with Crippen molar-refractivity contribution >= 4 is 10.9 Å². The van der Waals surface area contributed by atoms with Gasteiger partial charge in [-0.15, -0.1) is 0 Å². The molecule has 0 saturated carbocycles. The van der Waals surface area contributed by atoms with Crippen molar-refractivity contribution < 1.29 is 0 Å². The molecule has 0 radical (unpaired) electrons. The van der Waals surface area contributed by atoms with E-state index in [1.807, 2.05) is 24.4 Å². The van der Waals surface area contributed by atoms with Gasteiger partial charge in [0.15, 0.2) is 0 Å². The minimum Gasteiger partial charge on any atom is -0.344 e. The largest absolute Gasteiger partial charge is 0.344 e. The summed E-state index contributed by atoms with van der Waals surface area (Å²) in [5.41, 5.74) is 4.46. The number of fused-ring (bicyclic) bond motifs is 1. The Morgan fingerprint density at radius 3 is 2.10 bits per heavy atom. The second-order valence-electron chi connectivity index (χ2n) is 9.20. The van der Waals surface area contributed by atoms with Crippen molar-refractivity contribution in [3.05, 3.63) is 92.8 Å². The van der Waals surface area contributed by atoms with Gasteiger partial charge in [-0.3, -0.25) is 13.9 Å². The van der Waals surface area contributed by atoms with Crippen LogP contribution >= 0.6 is 0 Å². The van der Waals surface area contributed by atoms with E-state index in [1.165, 1.54) is 22.7 Å². The lowest BCUT2D eigenvalue weighted by Crippen LogP contribution is -2.36. The summed E-state index contributed by atoms with van der Waals surface area (Å²) in [6.07, 6.45) is 2.78. The zero-order chi connectivity index (χ0) is 22.3. The summed E-state index contributed by atoms with van der Waals surface area (Å²) in [4.78, 5) is 25.7. The van der Waals surface area contributed by atoms with Gasteiger partial charge in [0.2, 0.25) is 0 Å². The van der Waals surface area contributed by atoms with Crippen LogP contribution in [-0.2, 0) is 32.5 Å². The quantitative estimate of drug-likeness (QED) is 0.500. The van der Waals surface area contributed by atoms with Gasteiger partial charge in [-0.2, -0.15) is 0 Å². The monoisotopic (exact) mass is 415 g/mol. The number of benzene rings is 2. The van der Waals surface area contributed by atoms with E-state index in [0.29, 0.717) is 17.4 Å². The Bertz CT molecular complexity index is 1350. The van der Waals surface area contributed by atoms with Gasteiger partial charge in [0.25, 0.3) is 5.56 Å². The molecule has 0 aliphatic heterocycles. The smallest absolute Gasteiger partial charge is 0.330 e. The maximum Gasteiger partial charge on any atom is 0.330 e. The minimum absolute atomic E-state index is 0.0515. The predicted molar refractivity (Wildman–Crippen MR) is 127 cm³/mol. The van der Waals surface area contributed by atoms with E-state index in [0.717, 1.165) is 17.7 Å².